The van der Waals surface area contributed by atoms with E-state index in [1.165, 1.54) is 18.3 Å². The van der Waals surface area contributed by atoms with Crippen LogP contribution in [0.25, 0.3) is 6.08 Å². The fraction of sp³-hybridized carbons (Fsp3) is 0. The third kappa shape index (κ3) is 3.10. The molecule has 5 heteroatoms. The summed E-state index contributed by atoms with van der Waals surface area (Å²) in [6.07, 6.45) is 3.32. The molecule has 0 saturated heterocycles. The van der Waals surface area contributed by atoms with Gasteiger partial charge >= 0.3 is 5.97 Å². The molecular weight excluding hydrogens is 288 g/mol. The van der Waals surface area contributed by atoms with Crippen LogP contribution in [0.4, 0.5) is 4.39 Å². The molecule has 0 spiro atoms. The van der Waals surface area contributed by atoms with Crippen LogP contribution in [0.3, 0.4) is 0 Å². The van der Waals surface area contributed by atoms with Gasteiger partial charge in [-0.15, -0.1) is 0 Å². The van der Waals surface area contributed by atoms with Crippen LogP contribution < -0.4 is 0 Å². The Kier molecular flexibility index (Phi) is 3.35. The molecule has 68 valence electrons. The first-order valence-electron chi connectivity index (χ1n) is 3.31. The zero-order chi connectivity index (χ0) is 9.84. The highest BCUT2D eigenvalue weighted by molar-refractivity contribution is 14.1. The Morgan fingerprint density at radius 2 is 2.38 bits per heavy atom. The van der Waals surface area contributed by atoms with E-state index in [0.717, 1.165) is 6.08 Å². The lowest BCUT2D eigenvalue weighted by Gasteiger charge is -1.95. The van der Waals surface area contributed by atoms with Crippen LogP contribution in [0.2, 0.25) is 0 Å². The number of rotatable bonds is 2. The van der Waals surface area contributed by atoms with Gasteiger partial charge in [0.25, 0.3) is 0 Å². The number of carboxylic acids is 1. The maximum absolute atomic E-state index is 13.0. The second-order valence-corrected chi connectivity index (χ2v) is 3.31. The molecule has 13 heavy (non-hydrogen) atoms. The summed E-state index contributed by atoms with van der Waals surface area (Å²) in [7, 11) is 0. The number of hydrogen-bond donors (Lipinski definition) is 1. The molecular formula is C8H5FINO2. The molecule has 1 rings (SSSR count). The molecule has 3 nitrogen and oxygen atoms in total. The molecule has 0 radical (unpaired) electrons. The first-order valence-corrected chi connectivity index (χ1v) is 4.39. The summed E-state index contributed by atoms with van der Waals surface area (Å²) >= 11 is 1.87. The van der Waals surface area contributed by atoms with Gasteiger partial charge in [-0.2, -0.15) is 0 Å². The Balaban J connectivity index is 2.96. The first-order chi connectivity index (χ1) is 6.09. The third-order valence-electron chi connectivity index (χ3n) is 1.25. The predicted molar refractivity (Wildman–Crippen MR) is 53.6 cm³/mol. The summed E-state index contributed by atoms with van der Waals surface area (Å²) in [5.74, 6) is -1.59. The second kappa shape index (κ2) is 4.31. The quantitative estimate of drug-likeness (QED) is 0.515. The second-order valence-electron chi connectivity index (χ2n) is 2.20. The monoisotopic (exact) mass is 293 g/mol. The van der Waals surface area contributed by atoms with E-state index in [4.69, 9.17) is 5.11 Å². The molecule has 0 unspecified atom stereocenters. The van der Waals surface area contributed by atoms with Crippen molar-refractivity contribution in [2.75, 3.05) is 0 Å². The van der Waals surface area contributed by atoms with Gasteiger partial charge in [0.2, 0.25) is 0 Å². The number of halogens is 2. The summed E-state index contributed by atoms with van der Waals surface area (Å²) in [5, 5.41) is 8.29. The van der Waals surface area contributed by atoms with Crippen molar-refractivity contribution in [1.82, 2.24) is 4.98 Å². The van der Waals surface area contributed by atoms with E-state index in [9.17, 15) is 9.18 Å². The molecule has 0 aliphatic carbocycles. The molecule has 1 heterocycles. The highest BCUT2D eigenvalue weighted by Gasteiger charge is 2.00. The van der Waals surface area contributed by atoms with Gasteiger partial charge in [0.15, 0.2) is 0 Å². The normalized spacial score (nSPS) is 10.6. The topological polar surface area (TPSA) is 50.2 Å². The number of hydrogen-bond acceptors (Lipinski definition) is 2. The number of pyridine rings is 1. The summed E-state index contributed by atoms with van der Waals surface area (Å²) in [6, 6.07) is 1.24. The zero-order valence-electron chi connectivity index (χ0n) is 6.37. The van der Waals surface area contributed by atoms with Gasteiger partial charge in [0.05, 0.1) is 0 Å². The molecule has 0 amide bonds. The lowest BCUT2D eigenvalue weighted by atomic mass is 10.2. The van der Waals surface area contributed by atoms with Crippen LogP contribution in [-0.4, -0.2) is 16.1 Å². The molecule has 0 fully saturated rings. The van der Waals surface area contributed by atoms with Gasteiger partial charge in [-0.1, -0.05) is 0 Å². The molecule has 0 atom stereocenters. The molecule has 0 aliphatic heterocycles. The number of aromatic nitrogens is 1. The van der Waals surface area contributed by atoms with E-state index in [-0.39, 0.29) is 5.56 Å². The van der Waals surface area contributed by atoms with Crippen LogP contribution in [0, 0.1) is 9.52 Å². The van der Waals surface area contributed by atoms with Gasteiger partial charge in [-0.25, -0.2) is 14.2 Å². The van der Waals surface area contributed by atoms with Crippen molar-refractivity contribution in [3.63, 3.8) is 0 Å². The maximum Gasteiger partial charge on any atom is 0.328 e. The average Bonchev–Trinajstić information content (AvgIpc) is 2.02. The van der Waals surface area contributed by atoms with Crippen molar-refractivity contribution in [3.8, 4) is 0 Å². The first kappa shape index (κ1) is 10.1. The molecule has 1 aromatic heterocycles. The van der Waals surface area contributed by atoms with Crippen molar-refractivity contribution < 1.29 is 14.3 Å². The molecule has 0 bridgehead atoms. The Hall–Kier alpha value is -0.980. The molecule has 0 saturated carbocycles. The van der Waals surface area contributed by atoms with Crippen LogP contribution in [-0.2, 0) is 4.79 Å². The fourth-order valence-electron chi connectivity index (χ4n) is 0.702. The Morgan fingerprint density at radius 3 is 2.92 bits per heavy atom. The van der Waals surface area contributed by atoms with E-state index in [2.05, 4.69) is 4.98 Å². The van der Waals surface area contributed by atoms with Gasteiger partial charge in [0, 0.05) is 23.9 Å². The van der Waals surface area contributed by atoms with Crippen molar-refractivity contribution in [2.24, 2.45) is 0 Å². The van der Waals surface area contributed by atoms with Crippen LogP contribution in [0.1, 0.15) is 5.56 Å². The van der Waals surface area contributed by atoms with Gasteiger partial charge in [-0.05, 0) is 28.7 Å². The van der Waals surface area contributed by atoms with E-state index >= 15 is 0 Å². The van der Waals surface area contributed by atoms with Crippen molar-refractivity contribution in [2.45, 2.75) is 0 Å². The van der Waals surface area contributed by atoms with Crippen molar-refractivity contribution >= 4 is 34.6 Å². The number of carbonyl (C=O) groups is 1. The zero-order valence-corrected chi connectivity index (χ0v) is 8.53. The van der Waals surface area contributed by atoms with Gasteiger partial charge in [0.1, 0.15) is 9.52 Å². The molecule has 1 aromatic rings. The van der Waals surface area contributed by atoms with E-state index in [1.807, 2.05) is 22.6 Å². The molecule has 0 aromatic carbocycles. The van der Waals surface area contributed by atoms with E-state index in [1.54, 1.807) is 0 Å². The summed E-state index contributed by atoms with van der Waals surface area (Å²) in [4.78, 5) is 13.9. The third-order valence-corrected chi connectivity index (χ3v) is 1.84. The maximum atomic E-state index is 13.0. The van der Waals surface area contributed by atoms with Gasteiger partial charge in [-0.3, -0.25) is 0 Å². The lowest BCUT2D eigenvalue weighted by molar-refractivity contribution is -0.131. The Bertz CT molecular complexity index is 365. The van der Waals surface area contributed by atoms with Crippen LogP contribution >= 0.6 is 22.6 Å². The number of carboxylic acid groups (broad SMARTS) is 1. The highest BCUT2D eigenvalue weighted by atomic mass is 127. The minimum Gasteiger partial charge on any atom is -0.478 e. The number of nitrogens with zero attached hydrogens (tertiary/aromatic N) is 1. The van der Waals surface area contributed by atoms with E-state index < -0.39 is 11.8 Å². The Morgan fingerprint density at radius 1 is 1.69 bits per heavy atom. The minimum absolute atomic E-state index is 0.169. The van der Waals surface area contributed by atoms with Crippen molar-refractivity contribution in [3.05, 3.63) is 33.4 Å². The average molecular weight is 293 g/mol. The highest BCUT2D eigenvalue weighted by Crippen LogP contribution is 2.10. The molecule has 1 N–H and O–H groups in total. The number of aliphatic carboxylic acids is 1. The lowest BCUT2D eigenvalue weighted by Crippen LogP contribution is -1.90. The minimum atomic E-state index is -1.11. The van der Waals surface area contributed by atoms with Gasteiger partial charge < -0.3 is 5.11 Å². The summed E-state index contributed by atoms with van der Waals surface area (Å²) < 4.78 is 13.5. The Labute approximate surface area is 87.4 Å². The SMILES string of the molecule is O=C(O)/C=C/c1cnc(I)cc1F. The summed E-state index contributed by atoms with van der Waals surface area (Å²) in [5.41, 5.74) is 0.169. The predicted octanol–water partition coefficient (Wildman–Crippen LogP) is 1.92. The largest absolute Gasteiger partial charge is 0.478 e. The smallest absolute Gasteiger partial charge is 0.328 e. The van der Waals surface area contributed by atoms with Crippen LogP contribution in [0.15, 0.2) is 18.3 Å². The fourth-order valence-corrected chi connectivity index (χ4v) is 1.11. The van der Waals surface area contributed by atoms with E-state index in [0.29, 0.717) is 3.70 Å². The standard InChI is InChI=1S/C8H5FINO2/c9-6-3-7(10)11-4-5(6)1-2-8(12)13/h1-4H,(H,12,13)/b2-1+. The van der Waals surface area contributed by atoms with Crippen molar-refractivity contribution in [1.29, 1.82) is 0 Å². The summed E-state index contributed by atoms with van der Waals surface area (Å²) in [6.45, 7) is 0. The van der Waals surface area contributed by atoms with Crippen LogP contribution in [0.5, 0.6) is 0 Å². The molecule has 0 aliphatic rings.